The topological polar surface area (TPSA) is 147 Å². The van der Waals surface area contributed by atoms with Gasteiger partial charge in [-0.05, 0) is 23.8 Å². The van der Waals surface area contributed by atoms with E-state index >= 15 is 0 Å². The minimum absolute atomic E-state index is 0.0527. The maximum atomic E-state index is 13.4. The van der Waals surface area contributed by atoms with Crippen LogP contribution in [0.1, 0.15) is 12.0 Å². The van der Waals surface area contributed by atoms with Gasteiger partial charge in [0.1, 0.15) is 6.54 Å². The summed E-state index contributed by atoms with van der Waals surface area (Å²) in [5, 5.41) is 0. The Kier molecular flexibility index (Phi) is 5.20. The van der Waals surface area contributed by atoms with Crippen LogP contribution in [0, 0.1) is 23.7 Å². The summed E-state index contributed by atoms with van der Waals surface area (Å²) in [6.07, 6.45) is 6.37. The molecule has 1 saturated carbocycles. The average molecular weight is 488 g/mol. The number of likely N-dealkylation sites (tertiary alicyclic amines) is 1. The molecule has 1 aliphatic heterocycles. The quantitative estimate of drug-likeness (QED) is 0.365. The average Bonchev–Trinajstić information content (AvgIpc) is 3.62. The second kappa shape index (κ2) is 8.43. The second-order valence-electron chi connectivity index (χ2n) is 9.62. The van der Waals surface area contributed by atoms with E-state index in [1.807, 2.05) is 30.3 Å². The van der Waals surface area contributed by atoms with Crippen molar-refractivity contribution in [2.75, 3.05) is 18.8 Å². The van der Waals surface area contributed by atoms with Crippen LogP contribution in [0.3, 0.4) is 0 Å². The van der Waals surface area contributed by atoms with Crippen LogP contribution in [0.15, 0.2) is 53.6 Å². The molecular formula is C25H25N7O4. The van der Waals surface area contributed by atoms with Crippen LogP contribution in [0.4, 0.5) is 5.95 Å². The van der Waals surface area contributed by atoms with E-state index in [4.69, 9.17) is 5.73 Å². The van der Waals surface area contributed by atoms with Crippen LogP contribution in [0.2, 0.25) is 0 Å². The van der Waals surface area contributed by atoms with Crippen LogP contribution in [0.25, 0.3) is 11.2 Å². The summed E-state index contributed by atoms with van der Waals surface area (Å²) >= 11 is 0. The largest absolute Gasteiger partial charge is 0.369 e. The Morgan fingerprint density at radius 3 is 2.47 bits per heavy atom. The molecule has 2 aliphatic carbocycles. The number of aromatic nitrogens is 4. The number of imidazole rings is 1. The van der Waals surface area contributed by atoms with Crippen molar-refractivity contribution in [1.29, 1.82) is 0 Å². The Balaban J connectivity index is 1.22. The van der Waals surface area contributed by atoms with Gasteiger partial charge in [-0.3, -0.25) is 29.1 Å². The number of nitrogens with two attached hydrogens (primary N) is 1. The zero-order valence-electron chi connectivity index (χ0n) is 19.4. The van der Waals surface area contributed by atoms with Crippen LogP contribution in [-0.2, 0) is 27.5 Å². The molecule has 2 bridgehead atoms. The first-order chi connectivity index (χ1) is 17.4. The molecule has 184 valence electrons. The van der Waals surface area contributed by atoms with Crippen molar-refractivity contribution in [2.45, 2.75) is 19.5 Å². The summed E-state index contributed by atoms with van der Waals surface area (Å²) in [6, 6.07) is 9.47. The molecule has 0 radical (unpaired) electrons. The van der Waals surface area contributed by atoms with E-state index in [-0.39, 0.29) is 78.1 Å². The zero-order valence-corrected chi connectivity index (χ0v) is 19.4. The molecule has 3 N–H and O–H groups in total. The molecule has 1 saturated heterocycles. The third-order valence-corrected chi connectivity index (χ3v) is 7.53. The Morgan fingerprint density at radius 1 is 1.08 bits per heavy atom. The van der Waals surface area contributed by atoms with Crippen LogP contribution in [-0.4, -0.2) is 60.1 Å². The minimum atomic E-state index is -0.486. The molecule has 3 aliphatic rings. The van der Waals surface area contributed by atoms with Crippen LogP contribution < -0.4 is 11.3 Å². The lowest BCUT2D eigenvalue weighted by molar-refractivity contribution is -0.142. The van der Waals surface area contributed by atoms with Gasteiger partial charge in [-0.25, -0.2) is 4.98 Å². The molecule has 0 spiro atoms. The van der Waals surface area contributed by atoms with Gasteiger partial charge < -0.3 is 15.2 Å². The standard InChI is InChI=1S/C25H25N7O4/c26-25-28-21-20(22(34)29-25)31(13-27-21)12-17(33)30(11-14-4-2-1-3-5-14)8-9-32-23(35)18-15-6-7-16(10-15)19(18)24(32)36/h1-7,13,15-16,18-19H,8-12H2,(H3,26,28,29,34)/t15-,16+,18+,19-. The number of allylic oxidation sites excluding steroid dienone is 2. The van der Waals surface area contributed by atoms with Crippen molar-refractivity contribution in [3.05, 3.63) is 64.7 Å². The summed E-state index contributed by atoms with van der Waals surface area (Å²) in [4.78, 5) is 65.5. The van der Waals surface area contributed by atoms with Crippen LogP contribution >= 0.6 is 0 Å². The lowest BCUT2D eigenvalue weighted by atomic mass is 9.85. The van der Waals surface area contributed by atoms with Crippen molar-refractivity contribution >= 4 is 34.8 Å². The number of hydrogen-bond donors (Lipinski definition) is 2. The molecule has 3 amide bonds. The first kappa shape index (κ1) is 22.2. The van der Waals surface area contributed by atoms with Gasteiger partial charge in [-0.15, -0.1) is 0 Å². The molecule has 3 heterocycles. The van der Waals surface area contributed by atoms with Crippen molar-refractivity contribution in [1.82, 2.24) is 29.3 Å². The number of carbonyl (C=O) groups excluding carboxylic acids is 3. The predicted molar refractivity (Wildman–Crippen MR) is 129 cm³/mol. The summed E-state index contributed by atoms with van der Waals surface area (Å²) in [7, 11) is 0. The predicted octanol–water partition coefficient (Wildman–Crippen LogP) is 0.538. The summed E-state index contributed by atoms with van der Waals surface area (Å²) in [5.74, 6) is -0.866. The second-order valence-corrected chi connectivity index (χ2v) is 9.62. The van der Waals surface area contributed by atoms with E-state index in [1.54, 1.807) is 4.90 Å². The molecule has 11 heteroatoms. The molecule has 3 aromatic rings. The highest BCUT2D eigenvalue weighted by atomic mass is 16.2. The fraction of sp³-hybridized carbons (Fsp3) is 0.360. The van der Waals surface area contributed by atoms with Gasteiger partial charge in [-0.1, -0.05) is 42.5 Å². The van der Waals surface area contributed by atoms with Crippen molar-refractivity contribution < 1.29 is 14.4 Å². The summed E-state index contributed by atoms with van der Waals surface area (Å²) in [6.45, 7) is 0.455. The molecular weight excluding hydrogens is 462 g/mol. The van der Waals surface area contributed by atoms with E-state index in [1.165, 1.54) is 15.8 Å². The highest BCUT2D eigenvalue weighted by molar-refractivity contribution is 6.06. The van der Waals surface area contributed by atoms with Gasteiger partial charge in [0.15, 0.2) is 11.2 Å². The number of amides is 3. The van der Waals surface area contributed by atoms with E-state index in [0.717, 1.165) is 12.0 Å². The maximum absolute atomic E-state index is 13.4. The number of nitrogens with zero attached hydrogens (tertiary/aromatic N) is 5. The van der Waals surface area contributed by atoms with E-state index < -0.39 is 5.56 Å². The molecule has 1 aromatic carbocycles. The number of hydrogen-bond acceptors (Lipinski definition) is 7. The number of nitrogen functional groups attached to an aromatic ring is 1. The zero-order chi connectivity index (χ0) is 25.0. The SMILES string of the molecule is Nc1nc2ncn(CC(=O)N(CCN3C(=O)[C@@H]4[C@H](C3=O)[C@H]3C=C[C@@H]4C3)Cc3ccccc3)c2c(=O)[nH]1. The molecule has 2 fully saturated rings. The van der Waals surface area contributed by atoms with Crippen molar-refractivity contribution in [2.24, 2.45) is 23.7 Å². The highest BCUT2D eigenvalue weighted by Crippen LogP contribution is 2.52. The number of carbonyl (C=O) groups is 3. The molecule has 4 atom stereocenters. The third kappa shape index (κ3) is 3.58. The number of H-pyrrole nitrogens is 1. The molecule has 0 unspecified atom stereocenters. The van der Waals surface area contributed by atoms with Gasteiger partial charge in [0.2, 0.25) is 23.7 Å². The Morgan fingerprint density at radius 2 is 1.78 bits per heavy atom. The van der Waals surface area contributed by atoms with Crippen molar-refractivity contribution in [3.63, 3.8) is 0 Å². The third-order valence-electron chi connectivity index (χ3n) is 7.53. The molecule has 11 nitrogen and oxygen atoms in total. The first-order valence-electron chi connectivity index (χ1n) is 12.0. The van der Waals surface area contributed by atoms with E-state index in [2.05, 4.69) is 27.1 Å². The van der Waals surface area contributed by atoms with Crippen LogP contribution in [0.5, 0.6) is 0 Å². The van der Waals surface area contributed by atoms with E-state index in [0.29, 0.717) is 6.54 Å². The number of rotatable bonds is 7. The number of benzene rings is 1. The molecule has 36 heavy (non-hydrogen) atoms. The number of aromatic amines is 1. The van der Waals surface area contributed by atoms with E-state index in [9.17, 15) is 19.2 Å². The lowest BCUT2D eigenvalue weighted by Crippen LogP contribution is -2.42. The van der Waals surface area contributed by atoms with Gasteiger partial charge in [0.25, 0.3) is 5.56 Å². The monoisotopic (exact) mass is 487 g/mol. The fourth-order valence-electron chi connectivity index (χ4n) is 5.87. The lowest BCUT2D eigenvalue weighted by Gasteiger charge is -2.26. The number of imide groups is 1. The summed E-state index contributed by atoms with van der Waals surface area (Å²) < 4.78 is 1.43. The Labute approximate surface area is 205 Å². The number of anilines is 1. The summed E-state index contributed by atoms with van der Waals surface area (Å²) in [5.41, 5.74) is 6.32. The highest BCUT2D eigenvalue weighted by Gasteiger charge is 2.59. The maximum Gasteiger partial charge on any atom is 0.278 e. The minimum Gasteiger partial charge on any atom is -0.369 e. The normalized spacial score (nSPS) is 24.2. The van der Waals surface area contributed by atoms with Gasteiger partial charge in [0.05, 0.1) is 18.2 Å². The number of fused-ring (bicyclic) bond motifs is 6. The Hall–Kier alpha value is -4.28. The molecule has 6 rings (SSSR count). The smallest absolute Gasteiger partial charge is 0.278 e. The number of nitrogens with one attached hydrogen (secondary N) is 1. The van der Waals surface area contributed by atoms with Gasteiger partial charge >= 0.3 is 0 Å². The van der Waals surface area contributed by atoms with Crippen molar-refractivity contribution in [3.8, 4) is 0 Å². The van der Waals surface area contributed by atoms with Gasteiger partial charge in [0, 0.05) is 19.6 Å². The first-order valence-corrected chi connectivity index (χ1v) is 12.0. The van der Waals surface area contributed by atoms with Gasteiger partial charge in [-0.2, -0.15) is 4.98 Å². The molecule has 2 aromatic heterocycles. The Bertz CT molecular complexity index is 1430. The fourth-order valence-corrected chi connectivity index (χ4v) is 5.87.